The van der Waals surface area contributed by atoms with Crippen LogP contribution in [0.2, 0.25) is 0 Å². The molecular weight excluding hydrogens is 232 g/mol. The SMILES string of the molecule is CCCCCCCCCCCc1ccccc1NN. The lowest BCUT2D eigenvalue weighted by molar-refractivity contribution is 0.565. The highest BCUT2D eigenvalue weighted by Gasteiger charge is 1.99. The maximum Gasteiger partial charge on any atom is 0.0517 e. The predicted octanol–water partition coefficient (Wildman–Crippen LogP) is 5.05. The Labute approximate surface area is 118 Å². The number of nitrogens with two attached hydrogens (primary N) is 1. The number of hydrogen-bond donors (Lipinski definition) is 2. The number of para-hydroxylation sites is 1. The number of benzene rings is 1. The van der Waals surface area contributed by atoms with Crippen molar-refractivity contribution < 1.29 is 0 Å². The van der Waals surface area contributed by atoms with Crippen molar-refractivity contribution in [3.8, 4) is 0 Å². The van der Waals surface area contributed by atoms with E-state index < -0.39 is 0 Å². The minimum atomic E-state index is 1.07. The van der Waals surface area contributed by atoms with Crippen molar-refractivity contribution in [3.63, 3.8) is 0 Å². The standard InChI is InChI=1S/C17H30N2/c1-2-3-4-5-6-7-8-9-10-13-16-14-11-12-15-17(16)19-18/h11-12,14-15,19H,2-10,13,18H2,1H3. The van der Waals surface area contributed by atoms with Gasteiger partial charge in [-0.25, -0.2) is 0 Å². The molecule has 1 aromatic rings. The Hall–Kier alpha value is -1.02. The van der Waals surface area contributed by atoms with Gasteiger partial charge in [-0.15, -0.1) is 0 Å². The van der Waals surface area contributed by atoms with Gasteiger partial charge in [-0.2, -0.15) is 0 Å². The number of nitrogens with one attached hydrogen (secondary N) is 1. The smallest absolute Gasteiger partial charge is 0.0517 e. The molecule has 0 saturated carbocycles. The summed E-state index contributed by atoms with van der Waals surface area (Å²) >= 11 is 0. The van der Waals surface area contributed by atoms with Crippen molar-refractivity contribution >= 4 is 5.69 Å². The van der Waals surface area contributed by atoms with Crippen molar-refractivity contribution in [1.29, 1.82) is 0 Å². The van der Waals surface area contributed by atoms with Crippen LogP contribution in [0.25, 0.3) is 0 Å². The molecular formula is C17H30N2. The lowest BCUT2D eigenvalue weighted by atomic mass is 10.0. The van der Waals surface area contributed by atoms with E-state index in [0.717, 1.165) is 12.1 Å². The van der Waals surface area contributed by atoms with E-state index in [-0.39, 0.29) is 0 Å². The molecule has 1 aromatic carbocycles. The molecule has 0 aliphatic carbocycles. The van der Waals surface area contributed by atoms with Crippen LogP contribution in [0.5, 0.6) is 0 Å². The van der Waals surface area contributed by atoms with E-state index in [4.69, 9.17) is 5.84 Å². The Morgan fingerprint density at radius 3 is 2.05 bits per heavy atom. The molecule has 1 rings (SSSR count). The maximum absolute atomic E-state index is 5.51. The van der Waals surface area contributed by atoms with Gasteiger partial charge in [0.1, 0.15) is 0 Å². The highest BCUT2D eigenvalue weighted by Crippen LogP contribution is 2.17. The topological polar surface area (TPSA) is 38.0 Å². The molecule has 0 fully saturated rings. The fourth-order valence-electron chi connectivity index (χ4n) is 2.51. The normalized spacial score (nSPS) is 10.6. The van der Waals surface area contributed by atoms with E-state index in [1.54, 1.807) is 0 Å². The Bertz CT molecular complexity index is 323. The minimum Gasteiger partial charge on any atom is -0.324 e. The highest BCUT2D eigenvalue weighted by atomic mass is 15.2. The number of aryl methyl sites for hydroxylation is 1. The van der Waals surface area contributed by atoms with Crippen LogP contribution >= 0.6 is 0 Å². The molecule has 2 heteroatoms. The molecule has 0 heterocycles. The molecule has 0 aromatic heterocycles. The highest BCUT2D eigenvalue weighted by molar-refractivity contribution is 5.49. The number of hydrazine groups is 1. The summed E-state index contributed by atoms with van der Waals surface area (Å²) in [6.45, 7) is 2.27. The first-order valence-corrected chi connectivity index (χ1v) is 7.93. The predicted molar refractivity (Wildman–Crippen MR) is 85.2 cm³/mol. The third-order valence-electron chi connectivity index (χ3n) is 3.72. The van der Waals surface area contributed by atoms with Crippen LogP contribution in [0.3, 0.4) is 0 Å². The van der Waals surface area contributed by atoms with Crippen LogP contribution in [0, 0.1) is 0 Å². The molecule has 0 aliphatic heterocycles. The number of rotatable bonds is 11. The van der Waals surface area contributed by atoms with E-state index in [1.807, 2.05) is 12.1 Å². The van der Waals surface area contributed by atoms with Crippen LogP contribution in [0.15, 0.2) is 24.3 Å². The molecule has 19 heavy (non-hydrogen) atoms. The van der Waals surface area contributed by atoms with Gasteiger partial charge in [0.2, 0.25) is 0 Å². The van der Waals surface area contributed by atoms with Gasteiger partial charge in [0.05, 0.1) is 5.69 Å². The summed E-state index contributed by atoms with van der Waals surface area (Å²) in [5.74, 6) is 5.51. The molecule has 0 amide bonds. The number of hydrogen-bond acceptors (Lipinski definition) is 2. The molecule has 0 atom stereocenters. The third-order valence-corrected chi connectivity index (χ3v) is 3.72. The number of anilines is 1. The molecule has 3 N–H and O–H groups in total. The van der Waals surface area contributed by atoms with Gasteiger partial charge in [-0.05, 0) is 24.5 Å². The summed E-state index contributed by atoms with van der Waals surface area (Å²) in [7, 11) is 0. The van der Waals surface area contributed by atoms with Crippen molar-refractivity contribution in [2.45, 2.75) is 71.1 Å². The van der Waals surface area contributed by atoms with Crippen LogP contribution in [-0.2, 0) is 6.42 Å². The summed E-state index contributed by atoms with van der Waals surface area (Å²) in [4.78, 5) is 0. The van der Waals surface area contributed by atoms with Gasteiger partial charge in [-0.3, -0.25) is 5.84 Å². The van der Waals surface area contributed by atoms with E-state index in [1.165, 1.54) is 63.4 Å². The molecule has 108 valence electrons. The second-order valence-electron chi connectivity index (χ2n) is 5.38. The molecule has 0 bridgehead atoms. The first kappa shape index (κ1) is 16.0. The summed E-state index contributed by atoms with van der Waals surface area (Å²) in [5.41, 5.74) is 5.19. The van der Waals surface area contributed by atoms with E-state index in [0.29, 0.717) is 0 Å². The summed E-state index contributed by atoms with van der Waals surface area (Å²) < 4.78 is 0. The van der Waals surface area contributed by atoms with Gasteiger partial charge in [0, 0.05) is 0 Å². The molecule has 0 unspecified atom stereocenters. The van der Waals surface area contributed by atoms with E-state index in [2.05, 4.69) is 24.5 Å². The van der Waals surface area contributed by atoms with Gasteiger partial charge in [-0.1, -0.05) is 76.5 Å². The van der Waals surface area contributed by atoms with Crippen LogP contribution in [0.1, 0.15) is 70.3 Å². The molecule has 0 spiro atoms. The quantitative estimate of drug-likeness (QED) is 0.333. The van der Waals surface area contributed by atoms with Crippen LogP contribution in [-0.4, -0.2) is 0 Å². The van der Waals surface area contributed by atoms with Gasteiger partial charge >= 0.3 is 0 Å². The first-order chi connectivity index (χ1) is 9.38. The van der Waals surface area contributed by atoms with Crippen molar-refractivity contribution in [3.05, 3.63) is 29.8 Å². The third kappa shape index (κ3) is 7.22. The Morgan fingerprint density at radius 2 is 1.42 bits per heavy atom. The Balaban J connectivity index is 2.01. The second kappa shape index (κ2) is 10.9. The molecule has 0 saturated heterocycles. The first-order valence-electron chi connectivity index (χ1n) is 7.93. The Morgan fingerprint density at radius 1 is 0.842 bits per heavy atom. The lowest BCUT2D eigenvalue weighted by Crippen LogP contribution is -2.08. The van der Waals surface area contributed by atoms with Crippen molar-refractivity contribution in [2.75, 3.05) is 5.43 Å². The zero-order valence-corrected chi connectivity index (χ0v) is 12.5. The van der Waals surface area contributed by atoms with E-state index >= 15 is 0 Å². The zero-order chi connectivity index (χ0) is 13.8. The second-order valence-corrected chi connectivity index (χ2v) is 5.38. The van der Waals surface area contributed by atoms with Gasteiger partial charge < -0.3 is 5.43 Å². The van der Waals surface area contributed by atoms with Crippen LogP contribution in [0.4, 0.5) is 5.69 Å². The van der Waals surface area contributed by atoms with Crippen LogP contribution < -0.4 is 11.3 Å². The number of unbranched alkanes of at least 4 members (excludes halogenated alkanes) is 8. The van der Waals surface area contributed by atoms with Crippen molar-refractivity contribution in [1.82, 2.24) is 0 Å². The van der Waals surface area contributed by atoms with Gasteiger partial charge in [0.15, 0.2) is 0 Å². The number of nitrogen functional groups attached to an aromatic ring is 1. The molecule has 0 aliphatic rings. The average molecular weight is 262 g/mol. The monoisotopic (exact) mass is 262 g/mol. The fraction of sp³-hybridized carbons (Fsp3) is 0.647. The summed E-state index contributed by atoms with van der Waals surface area (Å²) in [5, 5.41) is 0. The molecule has 0 radical (unpaired) electrons. The minimum absolute atomic E-state index is 1.07. The largest absolute Gasteiger partial charge is 0.324 e. The molecule has 2 nitrogen and oxygen atoms in total. The van der Waals surface area contributed by atoms with Crippen molar-refractivity contribution in [2.24, 2.45) is 5.84 Å². The lowest BCUT2D eigenvalue weighted by Gasteiger charge is -2.08. The summed E-state index contributed by atoms with van der Waals surface area (Å²) in [6, 6.07) is 8.32. The zero-order valence-electron chi connectivity index (χ0n) is 12.5. The van der Waals surface area contributed by atoms with E-state index in [9.17, 15) is 0 Å². The average Bonchev–Trinajstić information content (AvgIpc) is 2.46. The maximum atomic E-state index is 5.51. The fourth-order valence-corrected chi connectivity index (χ4v) is 2.51. The Kier molecular flexibility index (Phi) is 9.17. The van der Waals surface area contributed by atoms with Gasteiger partial charge in [0.25, 0.3) is 0 Å². The summed E-state index contributed by atoms with van der Waals surface area (Å²) in [6.07, 6.45) is 13.5.